The Morgan fingerprint density at radius 1 is 1.06 bits per heavy atom. The van der Waals surface area contributed by atoms with Crippen molar-refractivity contribution in [2.75, 3.05) is 20.2 Å². The average Bonchev–Trinajstić information content (AvgIpc) is 3.19. The highest BCUT2D eigenvalue weighted by Crippen LogP contribution is 2.29. The number of benzene rings is 2. The first-order valence-corrected chi connectivity index (χ1v) is 11.8. The Balaban J connectivity index is 1.39. The van der Waals surface area contributed by atoms with E-state index in [0.29, 0.717) is 30.2 Å². The lowest BCUT2D eigenvalue weighted by molar-refractivity contribution is 0.0950. The van der Waals surface area contributed by atoms with Crippen LogP contribution in [0.4, 0.5) is 0 Å². The van der Waals surface area contributed by atoms with Gasteiger partial charge in [0, 0.05) is 18.7 Å². The van der Waals surface area contributed by atoms with E-state index in [-0.39, 0.29) is 5.91 Å². The Hall–Kier alpha value is -3.32. The number of piperidine rings is 1. The largest absolute Gasteiger partial charge is 0.493 e. The maximum absolute atomic E-state index is 12.9. The van der Waals surface area contributed by atoms with Crippen LogP contribution in [0.2, 0.25) is 0 Å². The average molecular weight is 464 g/mol. The monoisotopic (exact) mass is 463 g/mol. The number of rotatable bonds is 9. The molecule has 180 valence electrons. The van der Waals surface area contributed by atoms with Gasteiger partial charge in [0.15, 0.2) is 11.5 Å². The van der Waals surface area contributed by atoms with Crippen molar-refractivity contribution in [2.24, 2.45) is 0 Å². The third kappa shape index (κ3) is 5.78. The van der Waals surface area contributed by atoms with Gasteiger partial charge in [0.25, 0.3) is 5.91 Å². The Morgan fingerprint density at radius 2 is 1.82 bits per heavy atom. The molecule has 1 amide bonds. The standard InChI is InChI=1S/C27H33N3O4/c1-19-24(20(2)34-29-19)18-33-25-12-11-21(15-26(25)32-3)27(31)28-16-22-9-5-6-10-23(22)17-30-13-7-4-8-14-30/h5-6,9-12,15H,4,7-8,13-14,16-18H2,1-3H3,(H,28,31). The summed E-state index contributed by atoms with van der Waals surface area (Å²) in [5, 5.41) is 7.01. The molecule has 0 radical (unpaired) electrons. The van der Waals surface area contributed by atoms with Gasteiger partial charge in [-0.3, -0.25) is 9.69 Å². The predicted octanol–water partition coefficient (Wildman–Crippen LogP) is 4.79. The van der Waals surface area contributed by atoms with E-state index in [1.807, 2.05) is 19.9 Å². The minimum Gasteiger partial charge on any atom is -0.493 e. The number of hydrogen-bond acceptors (Lipinski definition) is 6. The number of ether oxygens (including phenoxy) is 2. The van der Waals surface area contributed by atoms with Crippen LogP contribution in [-0.4, -0.2) is 36.2 Å². The van der Waals surface area contributed by atoms with Crippen molar-refractivity contribution in [3.63, 3.8) is 0 Å². The van der Waals surface area contributed by atoms with Gasteiger partial charge in [0.2, 0.25) is 0 Å². The van der Waals surface area contributed by atoms with Gasteiger partial charge in [0.05, 0.1) is 18.4 Å². The minimum atomic E-state index is -0.150. The van der Waals surface area contributed by atoms with Crippen molar-refractivity contribution in [1.82, 2.24) is 15.4 Å². The molecule has 1 aromatic heterocycles. The van der Waals surface area contributed by atoms with Crippen LogP contribution in [0.3, 0.4) is 0 Å². The number of hydrogen-bond donors (Lipinski definition) is 1. The van der Waals surface area contributed by atoms with Crippen molar-refractivity contribution >= 4 is 5.91 Å². The summed E-state index contributed by atoms with van der Waals surface area (Å²) in [5.41, 5.74) is 4.65. The molecule has 3 aromatic rings. The van der Waals surface area contributed by atoms with Crippen molar-refractivity contribution in [2.45, 2.75) is 52.8 Å². The van der Waals surface area contributed by atoms with Crippen molar-refractivity contribution < 1.29 is 18.8 Å². The summed E-state index contributed by atoms with van der Waals surface area (Å²) in [6.45, 7) is 7.75. The van der Waals surface area contributed by atoms with Crippen molar-refractivity contribution in [1.29, 1.82) is 0 Å². The number of nitrogens with one attached hydrogen (secondary N) is 1. The van der Waals surface area contributed by atoms with Gasteiger partial charge >= 0.3 is 0 Å². The fourth-order valence-corrected chi connectivity index (χ4v) is 4.31. The molecular formula is C27H33N3O4. The van der Waals surface area contributed by atoms with Crippen LogP contribution >= 0.6 is 0 Å². The Morgan fingerprint density at radius 3 is 2.53 bits per heavy atom. The van der Waals surface area contributed by atoms with Crippen LogP contribution in [0.1, 0.15) is 57.8 Å². The topological polar surface area (TPSA) is 76.8 Å². The number of methoxy groups -OCH3 is 1. The molecule has 4 rings (SSSR count). The lowest BCUT2D eigenvalue weighted by Crippen LogP contribution is -2.30. The second-order valence-corrected chi connectivity index (χ2v) is 8.75. The van der Waals surface area contributed by atoms with Crippen LogP contribution in [-0.2, 0) is 19.7 Å². The molecule has 1 saturated heterocycles. The lowest BCUT2D eigenvalue weighted by Gasteiger charge is -2.27. The SMILES string of the molecule is COc1cc(C(=O)NCc2ccccc2CN2CCCCC2)ccc1OCc1c(C)noc1C. The summed E-state index contributed by atoms with van der Waals surface area (Å²) in [7, 11) is 1.57. The number of likely N-dealkylation sites (tertiary alicyclic amines) is 1. The third-order valence-electron chi connectivity index (χ3n) is 6.38. The summed E-state index contributed by atoms with van der Waals surface area (Å²) in [6, 6.07) is 13.6. The number of amides is 1. The molecule has 2 aromatic carbocycles. The molecule has 1 aliphatic heterocycles. The van der Waals surface area contributed by atoms with Crippen LogP contribution in [0, 0.1) is 13.8 Å². The number of carbonyl (C=O) groups excluding carboxylic acids is 1. The van der Waals surface area contributed by atoms with Gasteiger partial charge < -0.3 is 19.3 Å². The molecule has 1 fully saturated rings. The van der Waals surface area contributed by atoms with Gasteiger partial charge in [-0.15, -0.1) is 0 Å². The third-order valence-corrected chi connectivity index (χ3v) is 6.38. The number of carbonyl (C=O) groups is 1. The highest BCUT2D eigenvalue weighted by molar-refractivity contribution is 5.94. The molecule has 0 bridgehead atoms. The molecular weight excluding hydrogens is 430 g/mol. The molecule has 34 heavy (non-hydrogen) atoms. The zero-order valence-electron chi connectivity index (χ0n) is 20.2. The summed E-state index contributed by atoms with van der Waals surface area (Å²) < 4.78 is 16.6. The number of aromatic nitrogens is 1. The van der Waals surface area contributed by atoms with Gasteiger partial charge in [-0.25, -0.2) is 0 Å². The van der Waals surface area contributed by atoms with Crippen LogP contribution in [0.5, 0.6) is 11.5 Å². The molecule has 0 aliphatic carbocycles. The molecule has 7 heteroatoms. The predicted molar refractivity (Wildman–Crippen MR) is 130 cm³/mol. The van der Waals surface area contributed by atoms with E-state index >= 15 is 0 Å². The van der Waals surface area contributed by atoms with E-state index < -0.39 is 0 Å². The van der Waals surface area contributed by atoms with E-state index in [9.17, 15) is 4.79 Å². The highest BCUT2D eigenvalue weighted by atomic mass is 16.5. The molecule has 0 unspecified atom stereocenters. The number of nitrogens with zero attached hydrogens (tertiary/aromatic N) is 2. The van der Waals surface area contributed by atoms with E-state index in [1.54, 1.807) is 25.3 Å². The number of aryl methyl sites for hydroxylation is 2. The fraction of sp³-hybridized carbons (Fsp3) is 0.407. The summed E-state index contributed by atoms with van der Waals surface area (Å²) in [4.78, 5) is 15.4. The summed E-state index contributed by atoms with van der Waals surface area (Å²) in [5.74, 6) is 1.65. The quantitative estimate of drug-likeness (QED) is 0.491. The zero-order chi connectivity index (χ0) is 23.9. The van der Waals surface area contributed by atoms with E-state index in [4.69, 9.17) is 14.0 Å². The van der Waals surface area contributed by atoms with Gasteiger partial charge in [-0.2, -0.15) is 0 Å². The Bertz CT molecular complexity index is 1100. The molecule has 1 aliphatic rings. The Kier molecular flexibility index (Phi) is 7.85. The maximum Gasteiger partial charge on any atom is 0.251 e. The van der Waals surface area contributed by atoms with Gasteiger partial charge in [-0.05, 0) is 69.1 Å². The van der Waals surface area contributed by atoms with Crippen molar-refractivity contribution in [3.05, 3.63) is 76.2 Å². The molecule has 0 spiro atoms. The summed E-state index contributed by atoms with van der Waals surface area (Å²) in [6.07, 6.45) is 3.85. The van der Waals surface area contributed by atoms with Crippen LogP contribution < -0.4 is 14.8 Å². The summed E-state index contributed by atoms with van der Waals surface area (Å²) >= 11 is 0. The highest BCUT2D eigenvalue weighted by Gasteiger charge is 2.16. The second-order valence-electron chi connectivity index (χ2n) is 8.75. The fourth-order valence-electron chi connectivity index (χ4n) is 4.31. The molecule has 1 N–H and O–H groups in total. The molecule has 0 atom stereocenters. The lowest BCUT2D eigenvalue weighted by atomic mass is 10.0. The second kappa shape index (κ2) is 11.2. The Labute approximate surface area is 201 Å². The first kappa shape index (κ1) is 23.8. The normalized spacial score (nSPS) is 14.1. The maximum atomic E-state index is 12.9. The van der Waals surface area contributed by atoms with E-state index in [1.165, 1.54) is 24.8 Å². The zero-order valence-corrected chi connectivity index (χ0v) is 20.2. The van der Waals surface area contributed by atoms with E-state index in [2.05, 4.69) is 33.6 Å². The molecule has 0 saturated carbocycles. The minimum absolute atomic E-state index is 0.150. The first-order valence-electron chi connectivity index (χ1n) is 11.8. The first-order chi connectivity index (χ1) is 16.5. The molecule has 7 nitrogen and oxygen atoms in total. The van der Waals surface area contributed by atoms with E-state index in [0.717, 1.165) is 42.2 Å². The van der Waals surface area contributed by atoms with Crippen molar-refractivity contribution in [3.8, 4) is 11.5 Å². The van der Waals surface area contributed by atoms with Crippen LogP contribution in [0.15, 0.2) is 47.0 Å². The van der Waals surface area contributed by atoms with Gasteiger partial charge in [0.1, 0.15) is 12.4 Å². The molecule has 2 heterocycles. The van der Waals surface area contributed by atoms with Gasteiger partial charge in [-0.1, -0.05) is 35.8 Å². The van der Waals surface area contributed by atoms with Crippen LogP contribution in [0.25, 0.3) is 0 Å². The smallest absolute Gasteiger partial charge is 0.251 e.